The Labute approximate surface area is 81.8 Å². The van der Waals surface area contributed by atoms with Gasteiger partial charge in [-0.2, -0.15) is 0 Å². The first-order valence-corrected chi connectivity index (χ1v) is 4.47. The van der Waals surface area contributed by atoms with Gasteiger partial charge in [0, 0.05) is 5.92 Å². The zero-order chi connectivity index (χ0) is 10.1. The second kappa shape index (κ2) is 3.25. The summed E-state index contributed by atoms with van der Waals surface area (Å²) >= 11 is 0. The summed E-state index contributed by atoms with van der Waals surface area (Å²) in [7, 11) is 1.52. The Bertz CT molecular complexity index is 373. The Kier molecular flexibility index (Phi) is 2.07. The number of hydrogen-bond donors (Lipinski definition) is 2. The standard InChI is InChI=1S/C9H12N4O/c1-14-9-6(8(10)11)7(5-2-3-5)12-4-13-9/h4-5H,2-3H2,1H3,(H3,10,11). The lowest BCUT2D eigenvalue weighted by molar-refractivity contribution is 0.394. The van der Waals surface area contributed by atoms with Gasteiger partial charge in [0.25, 0.3) is 0 Å². The van der Waals surface area contributed by atoms with Crippen LogP contribution in [-0.4, -0.2) is 22.9 Å². The van der Waals surface area contributed by atoms with E-state index in [1.54, 1.807) is 0 Å². The maximum atomic E-state index is 7.46. The molecular weight excluding hydrogens is 180 g/mol. The number of aromatic nitrogens is 2. The molecule has 0 radical (unpaired) electrons. The monoisotopic (exact) mass is 192 g/mol. The molecule has 0 atom stereocenters. The second-order valence-electron chi connectivity index (χ2n) is 3.33. The number of ether oxygens (including phenoxy) is 1. The van der Waals surface area contributed by atoms with Crippen molar-refractivity contribution < 1.29 is 4.74 Å². The molecule has 3 N–H and O–H groups in total. The highest BCUT2D eigenvalue weighted by Crippen LogP contribution is 2.41. The van der Waals surface area contributed by atoms with E-state index in [1.165, 1.54) is 13.4 Å². The number of methoxy groups -OCH3 is 1. The van der Waals surface area contributed by atoms with Crippen molar-refractivity contribution in [3.8, 4) is 5.88 Å². The summed E-state index contributed by atoms with van der Waals surface area (Å²) in [5.41, 5.74) is 6.88. The van der Waals surface area contributed by atoms with Crippen LogP contribution in [0.15, 0.2) is 6.33 Å². The Hall–Kier alpha value is -1.65. The van der Waals surface area contributed by atoms with E-state index in [-0.39, 0.29) is 5.84 Å². The van der Waals surface area contributed by atoms with Crippen molar-refractivity contribution in [2.75, 3.05) is 7.11 Å². The highest BCUT2D eigenvalue weighted by atomic mass is 16.5. The molecule has 1 fully saturated rings. The zero-order valence-electron chi connectivity index (χ0n) is 7.95. The van der Waals surface area contributed by atoms with Crippen LogP contribution in [0.3, 0.4) is 0 Å². The van der Waals surface area contributed by atoms with Gasteiger partial charge in [-0.1, -0.05) is 0 Å². The Morgan fingerprint density at radius 2 is 2.29 bits per heavy atom. The fourth-order valence-corrected chi connectivity index (χ4v) is 1.46. The van der Waals surface area contributed by atoms with Gasteiger partial charge in [-0.15, -0.1) is 0 Å². The number of amidine groups is 1. The van der Waals surface area contributed by atoms with Crippen molar-refractivity contribution >= 4 is 5.84 Å². The third-order valence-corrected chi connectivity index (χ3v) is 2.27. The normalized spacial score (nSPS) is 15.2. The van der Waals surface area contributed by atoms with Crippen molar-refractivity contribution in [2.45, 2.75) is 18.8 Å². The minimum atomic E-state index is -0.0237. The summed E-state index contributed by atoms with van der Waals surface area (Å²) in [4.78, 5) is 8.09. The van der Waals surface area contributed by atoms with Crippen LogP contribution in [0.4, 0.5) is 0 Å². The van der Waals surface area contributed by atoms with E-state index in [2.05, 4.69) is 9.97 Å². The summed E-state index contributed by atoms with van der Waals surface area (Å²) in [6.45, 7) is 0. The van der Waals surface area contributed by atoms with E-state index in [4.69, 9.17) is 15.9 Å². The molecule has 1 aliphatic rings. The van der Waals surface area contributed by atoms with E-state index in [9.17, 15) is 0 Å². The van der Waals surface area contributed by atoms with Gasteiger partial charge in [0.1, 0.15) is 12.2 Å². The van der Waals surface area contributed by atoms with E-state index in [0.717, 1.165) is 18.5 Å². The summed E-state index contributed by atoms with van der Waals surface area (Å²) in [5, 5.41) is 7.46. The average molecular weight is 192 g/mol. The summed E-state index contributed by atoms with van der Waals surface area (Å²) < 4.78 is 5.05. The maximum absolute atomic E-state index is 7.46. The summed E-state index contributed by atoms with van der Waals surface area (Å²) in [6, 6.07) is 0. The van der Waals surface area contributed by atoms with Gasteiger partial charge in [-0.25, -0.2) is 9.97 Å². The van der Waals surface area contributed by atoms with Crippen LogP contribution in [0.5, 0.6) is 5.88 Å². The largest absolute Gasteiger partial charge is 0.480 e. The summed E-state index contributed by atoms with van der Waals surface area (Å²) in [6.07, 6.45) is 3.68. The number of nitrogens with one attached hydrogen (secondary N) is 1. The number of rotatable bonds is 3. The molecule has 5 nitrogen and oxygen atoms in total. The average Bonchev–Trinajstić information content (AvgIpc) is 2.99. The lowest BCUT2D eigenvalue weighted by Gasteiger charge is -2.09. The van der Waals surface area contributed by atoms with Gasteiger partial charge in [0.15, 0.2) is 0 Å². The molecule has 0 aromatic carbocycles. The summed E-state index contributed by atoms with van der Waals surface area (Å²) in [5.74, 6) is 0.810. The van der Waals surface area contributed by atoms with Gasteiger partial charge >= 0.3 is 0 Å². The maximum Gasteiger partial charge on any atom is 0.227 e. The number of nitrogens with zero attached hydrogens (tertiary/aromatic N) is 2. The minimum Gasteiger partial charge on any atom is -0.480 e. The smallest absolute Gasteiger partial charge is 0.227 e. The number of nitrogen functional groups attached to an aromatic ring is 1. The first-order valence-electron chi connectivity index (χ1n) is 4.47. The van der Waals surface area contributed by atoms with Gasteiger partial charge < -0.3 is 10.5 Å². The molecule has 1 aromatic rings. The first kappa shape index (κ1) is 8.93. The van der Waals surface area contributed by atoms with Crippen LogP contribution >= 0.6 is 0 Å². The predicted molar refractivity (Wildman–Crippen MR) is 51.6 cm³/mol. The van der Waals surface area contributed by atoms with Crippen LogP contribution < -0.4 is 10.5 Å². The molecule has 0 unspecified atom stereocenters. The van der Waals surface area contributed by atoms with Crippen molar-refractivity contribution in [1.82, 2.24) is 9.97 Å². The zero-order valence-corrected chi connectivity index (χ0v) is 7.95. The van der Waals surface area contributed by atoms with E-state index < -0.39 is 0 Å². The van der Waals surface area contributed by atoms with Crippen molar-refractivity contribution in [3.05, 3.63) is 17.6 Å². The Balaban J connectivity index is 2.52. The second-order valence-corrected chi connectivity index (χ2v) is 3.33. The Morgan fingerprint density at radius 3 is 2.79 bits per heavy atom. The van der Waals surface area contributed by atoms with Gasteiger partial charge in [0.2, 0.25) is 5.88 Å². The third-order valence-electron chi connectivity index (χ3n) is 2.27. The molecule has 2 rings (SSSR count). The molecule has 1 aromatic heterocycles. The SMILES string of the molecule is COc1ncnc(C2CC2)c1C(=N)N. The van der Waals surface area contributed by atoms with Crippen LogP contribution in [-0.2, 0) is 0 Å². The molecule has 0 spiro atoms. The molecule has 0 saturated heterocycles. The van der Waals surface area contributed by atoms with Crippen molar-refractivity contribution in [2.24, 2.45) is 5.73 Å². The first-order chi connectivity index (χ1) is 6.74. The van der Waals surface area contributed by atoms with Crippen molar-refractivity contribution in [3.63, 3.8) is 0 Å². The third kappa shape index (κ3) is 1.41. The number of hydrogen-bond acceptors (Lipinski definition) is 4. The van der Waals surface area contributed by atoms with Crippen LogP contribution in [0.2, 0.25) is 0 Å². The lowest BCUT2D eigenvalue weighted by atomic mass is 10.1. The van der Waals surface area contributed by atoms with Gasteiger partial charge in [0.05, 0.1) is 18.4 Å². The molecule has 5 heteroatoms. The van der Waals surface area contributed by atoms with Gasteiger partial charge in [-0.3, -0.25) is 5.41 Å². The molecule has 0 bridgehead atoms. The van der Waals surface area contributed by atoms with E-state index >= 15 is 0 Å². The van der Waals surface area contributed by atoms with Crippen LogP contribution in [0.25, 0.3) is 0 Å². The molecule has 74 valence electrons. The van der Waals surface area contributed by atoms with Crippen LogP contribution in [0, 0.1) is 5.41 Å². The fourth-order valence-electron chi connectivity index (χ4n) is 1.46. The quantitative estimate of drug-likeness (QED) is 0.543. The Morgan fingerprint density at radius 1 is 1.57 bits per heavy atom. The van der Waals surface area contributed by atoms with Crippen LogP contribution in [0.1, 0.15) is 30.0 Å². The fraction of sp³-hybridized carbons (Fsp3) is 0.444. The molecular formula is C9H12N4O. The predicted octanol–water partition coefficient (Wildman–Crippen LogP) is 0.647. The minimum absolute atomic E-state index is 0.0237. The molecule has 0 aliphatic heterocycles. The highest BCUT2D eigenvalue weighted by molar-refractivity contribution is 5.98. The molecule has 14 heavy (non-hydrogen) atoms. The van der Waals surface area contributed by atoms with Gasteiger partial charge in [-0.05, 0) is 12.8 Å². The topological polar surface area (TPSA) is 84.9 Å². The molecule has 1 heterocycles. The molecule has 1 saturated carbocycles. The highest BCUT2D eigenvalue weighted by Gasteiger charge is 2.30. The number of nitrogens with two attached hydrogens (primary N) is 1. The van der Waals surface area contributed by atoms with E-state index in [1.807, 2.05) is 0 Å². The lowest BCUT2D eigenvalue weighted by Crippen LogP contribution is -2.17. The van der Waals surface area contributed by atoms with Crippen molar-refractivity contribution in [1.29, 1.82) is 5.41 Å². The molecule has 0 amide bonds. The van der Waals surface area contributed by atoms with E-state index in [0.29, 0.717) is 17.4 Å². The molecule has 1 aliphatic carbocycles.